The second kappa shape index (κ2) is 5.31. The number of nitrogens with one attached hydrogen (secondary N) is 2. The number of rotatable bonds is 3. The molecule has 1 fully saturated rings. The van der Waals surface area contributed by atoms with E-state index in [2.05, 4.69) is 24.5 Å². The summed E-state index contributed by atoms with van der Waals surface area (Å²) in [6, 6.07) is 0.389. The summed E-state index contributed by atoms with van der Waals surface area (Å²) in [5.41, 5.74) is 0.279. The fraction of sp³-hybridized carbons (Fsp3) is 0.750. The zero-order valence-electron chi connectivity index (χ0n) is 9.97. The first-order chi connectivity index (χ1) is 7.06. The van der Waals surface area contributed by atoms with Crippen molar-refractivity contribution in [2.75, 3.05) is 13.1 Å². The molecule has 1 aliphatic rings. The predicted molar refractivity (Wildman–Crippen MR) is 62.6 cm³/mol. The molecule has 1 aliphatic heterocycles. The Labute approximate surface area is 92.3 Å². The molecule has 0 aliphatic carbocycles. The van der Waals surface area contributed by atoms with E-state index >= 15 is 0 Å². The Balaban J connectivity index is 2.39. The average molecular weight is 210 g/mol. The van der Waals surface area contributed by atoms with Gasteiger partial charge in [-0.05, 0) is 37.8 Å². The molecule has 3 nitrogen and oxygen atoms in total. The molecule has 1 rings (SSSR count). The van der Waals surface area contributed by atoms with Crippen LogP contribution in [0.4, 0.5) is 0 Å². The number of amides is 1. The van der Waals surface area contributed by atoms with E-state index in [1.54, 1.807) is 12.2 Å². The van der Waals surface area contributed by atoms with Crippen molar-refractivity contribution in [2.24, 2.45) is 5.41 Å². The summed E-state index contributed by atoms with van der Waals surface area (Å²) in [7, 11) is 0. The standard InChI is InChI=1S/C12H22N2O/c1-4-6-11(15)14-9-10-12(2,3)7-5-8-13-10/h4,6,10,13H,5,7-9H2,1-3H3,(H,14,15)/b6-4+. The fourth-order valence-corrected chi connectivity index (χ4v) is 2.03. The quantitative estimate of drug-likeness (QED) is 0.692. The van der Waals surface area contributed by atoms with Crippen molar-refractivity contribution in [2.45, 2.75) is 39.7 Å². The number of hydrogen-bond donors (Lipinski definition) is 2. The van der Waals surface area contributed by atoms with E-state index < -0.39 is 0 Å². The lowest BCUT2D eigenvalue weighted by atomic mass is 9.77. The van der Waals surface area contributed by atoms with Crippen molar-refractivity contribution in [3.63, 3.8) is 0 Å². The lowest BCUT2D eigenvalue weighted by Crippen LogP contribution is -2.52. The summed E-state index contributed by atoms with van der Waals surface area (Å²) < 4.78 is 0. The number of carbonyl (C=O) groups is 1. The maximum Gasteiger partial charge on any atom is 0.243 e. The Hall–Kier alpha value is -0.830. The highest BCUT2D eigenvalue weighted by atomic mass is 16.1. The van der Waals surface area contributed by atoms with Gasteiger partial charge in [-0.1, -0.05) is 19.9 Å². The van der Waals surface area contributed by atoms with Crippen molar-refractivity contribution in [1.29, 1.82) is 0 Å². The highest BCUT2D eigenvalue weighted by molar-refractivity contribution is 5.87. The molecule has 1 amide bonds. The molecule has 0 radical (unpaired) electrons. The number of piperidine rings is 1. The molecular formula is C12H22N2O. The zero-order chi connectivity index (χ0) is 11.3. The molecule has 1 atom stereocenters. The molecular weight excluding hydrogens is 188 g/mol. The molecule has 0 spiro atoms. The van der Waals surface area contributed by atoms with Crippen LogP contribution < -0.4 is 10.6 Å². The van der Waals surface area contributed by atoms with E-state index in [9.17, 15) is 4.79 Å². The molecule has 86 valence electrons. The molecule has 0 saturated carbocycles. The lowest BCUT2D eigenvalue weighted by molar-refractivity contribution is -0.116. The van der Waals surface area contributed by atoms with Gasteiger partial charge in [-0.15, -0.1) is 0 Å². The third kappa shape index (κ3) is 3.67. The Kier molecular flexibility index (Phi) is 4.33. The van der Waals surface area contributed by atoms with Crippen LogP contribution in [0.5, 0.6) is 0 Å². The van der Waals surface area contributed by atoms with Crippen LogP contribution in [-0.4, -0.2) is 25.0 Å². The Morgan fingerprint density at radius 3 is 2.93 bits per heavy atom. The average Bonchev–Trinajstić information content (AvgIpc) is 2.16. The van der Waals surface area contributed by atoms with Gasteiger partial charge in [0.2, 0.25) is 5.91 Å². The molecule has 1 saturated heterocycles. The van der Waals surface area contributed by atoms with Crippen LogP contribution in [0.1, 0.15) is 33.6 Å². The van der Waals surface area contributed by atoms with Gasteiger partial charge in [0, 0.05) is 12.6 Å². The maximum atomic E-state index is 11.3. The zero-order valence-corrected chi connectivity index (χ0v) is 9.97. The molecule has 0 aromatic rings. The fourth-order valence-electron chi connectivity index (χ4n) is 2.03. The minimum Gasteiger partial charge on any atom is -0.351 e. The van der Waals surface area contributed by atoms with E-state index in [0.717, 1.165) is 13.1 Å². The summed E-state index contributed by atoms with van der Waals surface area (Å²) >= 11 is 0. The number of hydrogen-bond acceptors (Lipinski definition) is 2. The Morgan fingerprint density at radius 2 is 2.33 bits per heavy atom. The highest BCUT2D eigenvalue weighted by Crippen LogP contribution is 2.29. The molecule has 0 aromatic carbocycles. The number of allylic oxidation sites excluding steroid dienone is 1. The largest absolute Gasteiger partial charge is 0.351 e. The van der Waals surface area contributed by atoms with Gasteiger partial charge in [0.25, 0.3) is 0 Å². The lowest BCUT2D eigenvalue weighted by Gasteiger charge is -2.39. The van der Waals surface area contributed by atoms with E-state index in [1.807, 2.05) is 6.92 Å². The van der Waals surface area contributed by atoms with Gasteiger partial charge in [0.15, 0.2) is 0 Å². The van der Waals surface area contributed by atoms with E-state index in [-0.39, 0.29) is 11.3 Å². The third-order valence-corrected chi connectivity index (χ3v) is 3.13. The van der Waals surface area contributed by atoms with Gasteiger partial charge < -0.3 is 10.6 Å². The van der Waals surface area contributed by atoms with Crippen molar-refractivity contribution in [3.05, 3.63) is 12.2 Å². The van der Waals surface area contributed by atoms with Crippen molar-refractivity contribution in [1.82, 2.24) is 10.6 Å². The topological polar surface area (TPSA) is 41.1 Å². The molecule has 2 N–H and O–H groups in total. The third-order valence-electron chi connectivity index (χ3n) is 3.13. The predicted octanol–water partition coefficient (Wildman–Crippen LogP) is 1.46. The normalized spacial score (nSPS) is 25.4. The summed E-state index contributed by atoms with van der Waals surface area (Å²) in [5, 5.41) is 6.39. The first-order valence-corrected chi connectivity index (χ1v) is 5.70. The minimum atomic E-state index is 0.000624. The molecule has 3 heteroatoms. The van der Waals surface area contributed by atoms with Crippen LogP contribution in [-0.2, 0) is 4.79 Å². The van der Waals surface area contributed by atoms with Crippen LogP contribution in [0.15, 0.2) is 12.2 Å². The summed E-state index contributed by atoms with van der Waals surface area (Å²) in [6.45, 7) is 8.14. The maximum absolute atomic E-state index is 11.3. The molecule has 0 bridgehead atoms. The van der Waals surface area contributed by atoms with Crippen molar-refractivity contribution < 1.29 is 4.79 Å². The van der Waals surface area contributed by atoms with Crippen LogP contribution in [0.3, 0.4) is 0 Å². The Morgan fingerprint density at radius 1 is 1.60 bits per heavy atom. The van der Waals surface area contributed by atoms with Crippen LogP contribution in [0.2, 0.25) is 0 Å². The molecule has 15 heavy (non-hydrogen) atoms. The Bertz CT molecular complexity index is 246. The number of carbonyl (C=O) groups excluding carboxylic acids is 1. The van der Waals surface area contributed by atoms with Gasteiger partial charge in [0.05, 0.1) is 0 Å². The molecule has 1 unspecified atom stereocenters. The van der Waals surface area contributed by atoms with Crippen molar-refractivity contribution >= 4 is 5.91 Å². The van der Waals surface area contributed by atoms with Gasteiger partial charge in [-0.2, -0.15) is 0 Å². The minimum absolute atomic E-state index is 0.000624. The van der Waals surface area contributed by atoms with Crippen molar-refractivity contribution in [3.8, 4) is 0 Å². The summed E-state index contributed by atoms with van der Waals surface area (Å²) in [5.74, 6) is 0.000624. The van der Waals surface area contributed by atoms with Gasteiger partial charge >= 0.3 is 0 Å². The summed E-state index contributed by atoms with van der Waals surface area (Å²) in [4.78, 5) is 11.3. The van der Waals surface area contributed by atoms with Gasteiger partial charge in [0.1, 0.15) is 0 Å². The van der Waals surface area contributed by atoms with E-state index in [0.29, 0.717) is 6.04 Å². The molecule has 1 heterocycles. The molecule has 0 aromatic heterocycles. The monoisotopic (exact) mass is 210 g/mol. The highest BCUT2D eigenvalue weighted by Gasteiger charge is 2.31. The second-order valence-electron chi connectivity index (χ2n) is 4.84. The summed E-state index contributed by atoms with van der Waals surface area (Å²) in [6.07, 6.45) is 5.78. The van der Waals surface area contributed by atoms with Gasteiger partial charge in [-0.3, -0.25) is 4.79 Å². The first kappa shape index (κ1) is 12.2. The van der Waals surface area contributed by atoms with Crippen LogP contribution in [0, 0.1) is 5.41 Å². The van der Waals surface area contributed by atoms with Gasteiger partial charge in [-0.25, -0.2) is 0 Å². The second-order valence-corrected chi connectivity index (χ2v) is 4.84. The smallest absolute Gasteiger partial charge is 0.243 e. The first-order valence-electron chi connectivity index (χ1n) is 5.70. The van der Waals surface area contributed by atoms with Crippen LogP contribution in [0.25, 0.3) is 0 Å². The van der Waals surface area contributed by atoms with Crippen LogP contribution >= 0.6 is 0 Å². The van der Waals surface area contributed by atoms with E-state index in [4.69, 9.17) is 0 Å². The van der Waals surface area contributed by atoms with E-state index in [1.165, 1.54) is 12.8 Å². The SMILES string of the molecule is C/C=C/C(=O)NCC1NCCCC1(C)C.